The number of rotatable bonds is 2. The second kappa shape index (κ2) is 3.64. The molecule has 13 heavy (non-hydrogen) atoms. The molecule has 0 aromatic heterocycles. The summed E-state index contributed by atoms with van der Waals surface area (Å²) < 4.78 is 0. The van der Waals surface area contributed by atoms with Gasteiger partial charge in [0.25, 0.3) is 0 Å². The van der Waals surface area contributed by atoms with Gasteiger partial charge in [-0.1, -0.05) is 0 Å². The first-order chi connectivity index (χ1) is 6.29. The van der Waals surface area contributed by atoms with Crippen LogP contribution >= 0.6 is 0 Å². The number of amides is 1. The standard InChI is InChI=1S/C9H17N3O/c10-8(7-1-2-7)9(13)12-5-3-11-4-6-12/h7-8,11H,1-6,10H2. The van der Waals surface area contributed by atoms with Gasteiger partial charge in [-0.3, -0.25) is 4.79 Å². The van der Waals surface area contributed by atoms with Gasteiger partial charge in [0.2, 0.25) is 5.91 Å². The van der Waals surface area contributed by atoms with E-state index in [-0.39, 0.29) is 11.9 Å². The number of nitrogens with two attached hydrogens (primary N) is 1. The van der Waals surface area contributed by atoms with E-state index in [9.17, 15) is 4.79 Å². The lowest BCUT2D eigenvalue weighted by molar-refractivity contribution is -0.133. The van der Waals surface area contributed by atoms with Crippen molar-refractivity contribution < 1.29 is 4.79 Å². The second-order valence-electron chi connectivity index (χ2n) is 3.94. The van der Waals surface area contributed by atoms with Crippen molar-refractivity contribution in [2.45, 2.75) is 18.9 Å². The minimum Gasteiger partial charge on any atom is -0.339 e. The van der Waals surface area contributed by atoms with Crippen molar-refractivity contribution >= 4 is 5.91 Å². The Balaban J connectivity index is 1.86. The summed E-state index contributed by atoms with van der Waals surface area (Å²) in [5.74, 6) is 0.631. The molecule has 0 bridgehead atoms. The zero-order valence-electron chi connectivity index (χ0n) is 7.83. The number of piperazine rings is 1. The third-order valence-electron chi connectivity index (χ3n) is 2.84. The van der Waals surface area contributed by atoms with E-state index in [4.69, 9.17) is 5.73 Å². The first kappa shape index (κ1) is 8.97. The number of nitrogens with one attached hydrogen (secondary N) is 1. The van der Waals surface area contributed by atoms with E-state index < -0.39 is 0 Å². The third-order valence-corrected chi connectivity index (χ3v) is 2.84. The lowest BCUT2D eigenvalue weighted by atomic mass is 10.1. The predicted molar refractivity (Wildman–Crippen MR) is 50.1 cm³/mol. The van der Waals surface area contributed by atoms with E-state index in [0.717, 1.165) is 39.0 Å². The summed E-state index contributed by atoms with van der Waals surface area (Å²) >= 11 is 0. The van der Waals surface area contributed by atoms with Crippen molar-refractivity contribution in [3.63, 3.8) is 0 Å². The molecule has 1 atom stereocenters. The van der Waals surface area contributed by atoms with Crippen LogP contribution in [0.1, 0.15) is 12.8 Å². The molecule has 0 radical (unpaired) electrons. The zero-order valence-corrected chi connectivity index (χ0v) is 7.83. The van der Waals surface area contributed by atoms with E-state index in [1.165, 1.54) is 0 Å². The maximum atomic E-state index is 11.8. The lowest BCUT2D eigenvalue weighted by Gasteiger charge is -2.29. The fourth-order valence-corrected chi connectivity index (χ4v) is 1.75. The first-order valence-electron chi connectivity index (χ1n) is 5.04. The smallest absolute Gasteiger partial charge is 0.239 e. The minimum atomic E-state index is -0.224. The largest absolute Gasteiger partial charge is 0.339 e. The Morgan fingerprint density at radius 3 is 2.54 bits per heavy atom. The molecular weight excluding hydrogens is 166 g/mol. The van der Waals surface area contributed by atoms with Gasteiger partial charge >= 0.3 is 0 Å². The summed E-state index contributed by atoms with van der Waals surface area (Å²) in [6.07, 6.45) is 2.28. The molecule has 2 fully saturated rings. The van der Waals surface area contributed by atoms with Gasteiger partial charge in [-0.2, -0.15) is 0 Å². The molecule has 3 N–H and O–H groups in total. The summed E-state index contributed by atoms with van der Waals surface area (Å²) in [5, 5.41) is 3.22. The van der Waals surface area contributed by atoms with Crippen molar-refractivity contribution in [2.24, 2.45) is 11.7 Å². The van der Waals surface area contributed by atoms with Crippen molar-refractivity contribution in [1.82, 2.24) is 10.2 Å². The summed E-state index contributed by atoms with van der Waals surface area (Å²) in [4.78, 5) is 13.6. The highest BCUT2D eigenvalue weighted by molar-refractivity contribution is 5.82. The van der Waals surface area contributed by atoms with Gasteiger partial charge in [0.05, 0.1) is 6.04 Å². The van der Waals surface area contributed by atoms with E-state index in [1.807, 2.05) is 4.90 Å². The van der Waals surface area contributed by atoms with Crippen LogP contribution in [0.2, 0.25) is 0 Å². The fraction of sp³-hybridized carbons (Fsp3) is 0.889. The van der Waals surface area contributed by atoms with Crippen LogP contribution in [0, 0.1) is 5.92 Å². The van der Waals surface area contributed by atoms with Crippen molar-refractivity contribution in [3.8, 4) is 0 Å². The lowest BCUT2D eigenvalue weighted by Crippen LogP contribution is -2.52. The van der Waals surface area contributed by atoms with Crippen LogP contribution in [0.25, 0.3) is 0 Å². The molecule has 74 valence electrons. The molecule has 1 unspecified atom stereocenters. The Hall–Kier alpha value is -0.610. The van der Waals surface area contributed by atoms with Crippen LogP contribution in [0.15, 0.2) is 0 Å². The Morgan fingerprint density at radius 1 is 1.38 bits per heavy atom. The Kier molecular flexibility index (Phi) is 2.51. The second-order valence-corrected chi connectivity index (χ2v) is 3.94. The van der Waals surface area contributed by atoms with Crippen LogP contribution in [-0.2, 0) is 4.79 Å². The molecule has 1 saturated heterocycles. The third kappa shape index (κ3) is 2.00. The highest BCUT2D eigenvalue weighted by Crippen LogP contribution is 2.32. The predicted octanol–water partition coefficient (Wildman–Crippen LogP) is -0.844. The van der Waals surface area contributed by atoms with Crippen molar-refractivity contribution in [1.29, 1.82) is 0 Å². The topological polar surface area (TPSA) is 58.4 Å². The van der Waals surface area contributed by atoms with Crippen LogP contribution in [0.3, 0.4) is 0 Å². The number of carbonyl (C=O) groups is 1. The van der Waals surface area contributed by atoms with Crippen LogP contribution in [0.5, 0.6) is 0 Å². The van der Waals surface area contributed by atoms with Gasteiger partial charge < -0.3 is 16.0 Å². The Morgan fingerprint density at radius 2 is 2.00 bits per heavy atom. The molecule has 1 amide bonds. The summed E-state index contributed by atoms with van der Waals surface area (Å²) in [6, 6.07) is -0.224. The SMILES string of the molecule is NC(C(=O)N1CCNCC1)C1CC1. The molecule has 1 aliphatic carbocycles. The normalized spacial score (nSPS) is 25.8. The van der Waals surface area contributed by atoms with Crippen LogP contribution < -0.4 is 11.1 Å². The number of hydrogen-bond acceptors (Lipinski definition) is 3. The van der Waals surface area contributed by atoms with Crippen LogP contribution in [-0.4, -0.2) is 43.0 Å². The van der Waals surface area contributed by atoms with Gasteiger partial charge in [0.15, 0.2) is 0 Å². The van der Waals surface area contributed by atoms with E-state index >= 15 is 0 Å². The number of nitrogens with zero attached hydrogens (tertiary/aromatic N) is 1. The van der Waals surface area contributed by atoms with Crippen LogP contribution in [0.4, 0.5) is 0 Å². The maximum absolute atomic E-state index is 11.8. The van der Waals surface area contributed by atoms with E-state index in [2.05, 4.69) is 5.32 Å². The molecule has 2 rings (SSSR count). The zero-order chi connectivity index (χ0) is 9.26. The fourth-order valence-electron chi connectivity index (χ4n) is 1.75. The summed E-state index contributed by atoms with van der Waals surface area (Å²) in [7, 11) is 0. The van der Waals surface area contributed by atoms with Gasteiger partial charge in [0, 0.05) is 26.2 Å². The number of carbonyl (C=O) groups excluding carboxylic acids is 1. The monoisotopic (exact) mass is 183 g/mol. The minimum absolute atomic E-state index is 0.156. The molecule has 4 nitrogen and oxygen atoms in total. The first-order valence-corrected chi connectivity index (χ1v) is 5.04. The molecule has 0 aromatic rings. The Bertz CT molecular complexity index is 197. The van der Waals surface area contributed by atoms with Gasteiger partial charge in [0.1, 0.15) is 0 Å². The molecule has 2 aliphatic rings. The van der Waals surface area contributed by atoms with Crippen molar-refractivity contribution in [3.05, 3.63) is 0 Å². The maximum Gasteiger partial charge on any atom is 0.239 e. The average molecular weight is 183 g/mol. The molecule has 4 heteroatoms. The molecular formula is C9H17N3O. The van der Waals surface area contributed by atoms with Gasteiger partial charge in [-0.15, -0.1) is 0 Å². The molecule has 1 saturated carbocycles. The summed E-state index contributed by atoms with van der Waals surface area (Å²) in [5.41, 5.74) is 5.84. The van der Waals surface area contributed by atoms with E-state index in [0.29, 0.717) is 5.92 Å². The Labute approximate surface area is 78.5 Å². The molecule has 1 heterocycles. The van der Waals surface area contributed by atoms with Gasteiger partial charge in [-0.05, 0) is 18.8 Å². The summed E-state index contributed by atoms with van der Waals surface area (Å²) in [6.45, 7) is 3.45. The van der Waals surface area contributed by atoms with Crippen molar-refractivity contribution in [2.75, 3.05) is 26.2 Å². The number of hydrogen-bond donors (Lipinski definition) is 2. The highest BCUT2D eigenvalue weighted by Gasteiger charge is 2.35. The molecule has 0 aromatic carbocycles. The average Bonchev–Trinajstić information content (AvgIpc) is 3.00. The quantitative estimate of drug-likeness (QED) is 0.586. The molecule has 1 aliphatic heterocycles. The highest BCUT2D eigenvalue weighted by atomic mass is 16.2. The van der Waals surface area contributed by atoms with Gasteiger partial charge in [-0.25, -0.2) is 0 Å². The molecule has 0 spiro atoms. The van der Waals surface area contributed by atoms with E-state index in [1.54, 1.807) is 0 Å².